The van der Waals surface area contributed by atoms with Crippen LogP contribution in [-0.2, 0) is 11.3 Å². The van der Waals surface area contributed by atoms with Crippen LogP contribution in [0.15, 0.2) is 59.1 Å². The van der Waals surface area contributed by atoms with Gasteiger partial charge in [0.1, 0.15) is 0 Å². The lowest BCUT2D eigenvalue weighted by atomic mass is 10.0. The third kappa shape index (κ3) is 4.30. The summed E-state index contributed by atoms with van der Waals surface area (Å²) in [6.45, 7) is 1.42. The topological polar surface area (TPSA) is 63.9 Å². The van der Waals surface area contributed by atoms with E-state index in [4.69, 9.17) is 0 Å². The molecule has 1 unspecified atom stereocenters. The molecular formula is C21H22BrN5O. The molecule has 0 spiro atoms. The van der Waals surface area contributed by atoms with Gasteiger partial charge in [-0.1, -0.05) is 58.4 Å². The van der Waals surface area contributed by atoms with Gasteiger partial charge in [0.2, 0.25) is 11.7 Å². The zero-order valence-electron chi connectivity index (χ0n) is 15.5. The number of aryl methyl sites for hydroxylation is 1. The van der Waals surface area contributed by atoms with Gasteiger partial charge >= 0.3 is 0 Å². The summed E-state index contributed by atoms with van der Waals surface area (Å²) in [7, 11) is 0. The summed E-state index contributed by atoms with van der Waals surface area (Å²) in [6, 6.07) is 18.2. The third-order valence-electron chi connectivity index (χ3n) is 5.06. The molecule has 1 saturated heterocycles. The van der Waals surface area contributed by atoms with Crippen LogP contribution >= 0.6 is 15.9 Å². The van der Waals surface area contributed by atoms with Crippen molar-refractivity contribution in [3.05, 3.63) is 64.6 Å². The average molecular weight is 440 g/mol. The Morgan fingerprint density at radius 3 is 2.68 bits per heavy atom. The number of hydrogen-bond acceptors (Lipinski definition) is 4. The fourth-order valence-corrected chi connectivity index (χ4v) is 3.92. The predicted molar refractivity (Wildman–Crippen MR) is 110 cm³/mol. The minimum absolute atomic E-state index is 0.190. The maximum Gasteiger partial charge on any atom is 0.223 e. The van der Waals surface area contributed by atoms with Crippen molar-refractivity contribution in [1.82, 2.24) is 25.1 Å². The number of rotatable bonds is 6. The zero-order chi connectivity index (χ0) is 19.3. The summed E-state index contributed by atoms with van der Waals surface area (Å²) < 4.78 is 1.06. The normalized spacial score (nSPS) is 16.5. The van der Waals surface area contributed by atoms with Gasteiger partial charge in [-0.3, -0.25) is 4.79 Å². The van der Waals surface area contributed by atoms with Gasteiger partial charge in [0.15, 0.2) is 0 Å². The monoisotopic (exact) mass is 439 g/mol. The van der Waals surface area contributed by atoms with E-state index in [1.54, 1.807) is 4.80 Å². The van der Waals surface area contributed by atoms with Crippen molar-refractivity contribution in [2.45, 2.75) is 38.3 Å². The SMILES string of the molecule is O=C(CCCn1nnc(-c2ccccc2)n1)N1CCCC1c1ccc(Br)cc1. The Labute approximate surface area is 172 Å². The van der Waals surface area contributed by atoms with E-state index < -0.39 is 0 Å². The molecule has 1 amide bonds. The maximum absolute atomic E-state index is 12.8. The van der Waals surface area contributed by atoms with E-state index in [0.29, 0.717) is 25.2 Å². The fourth-order valence-electron chi connectivity index (χ4n) is 3.65. The molecule has 144 valence electrons. The number of hydrogen-bond donors (Lipinski definition) is 0. The minimum Gasteiger partial charge on any atom is -0.336 e. The lowest BCUT2D eigenvalue weighted by molar-refractivity contribution is -0.132. The van der Waals surface area contributed by atoms with E-state index in [1.165, 1.54) is 5.56 Å². The highest BCUT2D eigenvalue weighted by atomic mass is 79.9. The summed E-state index contributed by atoms with van der Waals surface area (Å²) in [5.41, 5.74) is 2.15. The molecule has 7 heteroatoms. The predicted octanol–water partition coefficient (Wildman–Crippen LogP) is 4.25. The number of carbonyl (C=O) groups is 1. The molecule has 0 bridgehead atoms. The highest BCUT2D eigenvalue weighted by Crippen LogP contribution is 2.33. The number of likely N-dealkylation sites (tertiary alicyclic amines) is 1. The van der Waals surface area contributed by atoms with Gasteiger partial charge in [-0.05, 0) is 42.2 Å². The van der Waals surface area contributed by atoms with Crippen LogP contribution in [0, 0.1) is 0 Å². The Morgan fingerprint density at radius 1 is 1.11 bits per heavy atom. The molecule has 1 aliphatic rings. The molecule has 0 saturated carbocycles. The van der Waals surface area contributed by atoms with Crippen LogP contribution in [0.1, 0.15) is 37.3 Å². The van der Waals surface area contributed by atoms with Crippen LogP contribution in [0.4, 0.5) is 0 Å². The van der Waals surface area contributed by atoms with Crippen LogP contribution in [0.2, 0.25) is 0 Å². The molecule has 0 radical (unpaired) electrons. The van der Waals surface area contributed by atoms with Crippen molar-refractivity contribution in [3.63, 3.8) is 0 Å². The van der Waals surface area contributed by atoms with Crippen LogP contribution in [0.5, 0.6) is 0 Å². The molecule has 2 heterocycles. The summed E-state index contributed by atoms with van der Waals surface area (Å²) in [5.74, 6) is 0.815. The van der Waals surface area contributed by atoms with Crippen LogP contribution in [0.25, 0.3) is 11.4 Å². The van der Waals surface area contributed by atoms with Crippen LogP contribution < -0.4 is 0 Å². The first-order valence-electron chi connectivity index (χ1n) is 9.59. The molecule has 0 N–H and O–H groups in total. The van der Waals surface area contributed by atoms with Gasteiger partial charge in [0.05, 0.1) is 12.6 Å². The van der Waals surface area contributed by atoms with Gasteiger partial charge in [-0.15, -0.1) is 10.2 Å². The summed E-state index contributed by atoms with van der Waals surface area (Å²) in [6.07, 6.45) is 3.28. The van der Waals surface area contributed by atoms with E-state index in [0.717, 1.165) is 29.4 Å². The number of amides is 1. The lowest BCUT2D eigenvalue weighted by Gasteiger charge is -2.25. The second-order valence-electron chi connectivity index (χ2n) is 6.98. The van der Waals surface area contributed by atoms with Crippen molar-refractivity contribution < 1.29 is 4.79 Å². The maximum atomic E-state index is 12.8. The quantitative estimate of drug-likeness (QED) is 0.575. The van der Waals surface area contributed by atoms with Gasteiger partial charge in [0.25, 0.3) is 0 Å². The van der Waals surface area contributed by atoms with Gasteiger partial charge in [-0.25, -0.2) is 0 Å². The second kappa shape index (κ2) is 8.65. The van der Waals surface area contributed by atoms with E-state index in [-0.39, 0.29) is 11.9 Å². The minimum atomic E-state index is 0.190. The van der Waals surface area contributed by atoms with Crippen LogP contribution in [-0.4, -0.2) is 37.6 Å². The van der Waals surface area contributed by atoms with Gasteiger partial charge in [-0.2, -0.15) is 4.80 Å². The Kier molecular flexibility index (Phi) is 5.81. The van der Waals surface area contributed by atoms with Crippen molar-refractivity contribution >= 4 is 21.8 Å². The average Bonchev–Trinajstić information content (AvgIpc) is 3.39. The number of nitrogens with zero attached hydrogens (tertiary/aromatic N) is 5. The molecule has 1 atom stereocenters. The molecule has 6 nitrogen and oxygen atoms in total. The first-order valence-corrected chi connectivity index (χ1v) is 10.4. The third-order valence-corrected chi connectivity index (χ3v) is 5.59. The number of halogens is 1. The Bertz CT molecular complexity index is 925. The highest BCUT2D eigenvalue weighted by molar-refractivity contribution is 9.10. The summed E-state index contributed by atoms with van der Waals surface area (Å²) in [4.78, 5) is 16.4. The first kappa shape index (κ1) is 18.8. The molecule has 1 aliphatic heterocycles. The van der Waals surface area contributed by atoms with Crippen molar-refractivity contribution in [3.8, 4) is 11.4 Å². The van der Waals surface area contributed by atoms with E-state index in [9.17, 15) is 4.79 Å². The van der Waals surface area contributed by atoms with Crippen molar-refractivity contribution in [2.75, 3.05) is 6.54 Å². The standard InChI is InChI=1S/C21H22BrN5O/c22-18-12-10-16(11-13-18)19-8-4-14-26(19)20(28)9-5-15-27-24-21(23-25-27)17-6-2-1-3-7-17/h1-3,6-7,10-13,19H,4-5,8-9,14-15H2. The molecular weight excluding hydrogens is 418 g/mol. The van der Waals surface area contributed by atoms with Crippen LogP contribution in [0.3, 0.4) is 0 Å². The number of aromatic nitrogens is 4. The number of tetrazole rings is 1. The van der Waals surface area contributed by atoms with Gasteiger partial charge < -0.3 is 4.90 Å². The van der Waals surface area contributed by atoms with E-state index in [1.807, 2.05) is 47.4 Å². The first-order chi connectivity index (χ1) is 13.7. The van der Waals surface area contributed by atoms with Gasteiger partial charge in [0, 0.05) is 23.0 Å². The van der Waals surface area contributed by atoms with Crippen molar-refractivity contribution in [2.24, 2.45) is 0 Å². The smallest absolute Gasteiger partial charge is 0.223 e. The molecule has 2 aromatic carbocycles. The molecule has 1 fully saturated rings. The summed E-state index contributed by atoms with van der Waals surface area (Å²) in [5, 5.41) is 12.6. The molecule has 4 rings (SSSR count). The Morgan fingerprint density at radius 2 is 1.89 bits per heavy atom. The Balaban J connectivity index is 1.32. The Hall–Kier alpha value is -2.54. The lowest BCUT2D eigenvalue weighted by Crippen LogP contribution is -2.30. The zero-order valence-corrected chi connectivity index (χ0v) is 17.1. The highest BCUT2D eigenvalue weighted by Gasteiger charge is 2.29. The number of benzene rings is 2. The molecule has 1 aromatic heterocycles. The van der Waals surface area contributed by atoms with E-state index >= 15 is 0 Å². The molecule has 0 aliphatic carbocycles. The molecule has 3 aromatic rings. The molecule has 28 heavy (non-hydrogen) atoms. The second-order valence-corrected chi connectivity index (χ2v) is 7.89. The number of carbonyl (C=O) groups excluding carboxylic acids is 1. The van der Waals surface area contributed by atoms with E-state index in [2.05, 4.69) is 43.5 Å². The largest absolute Gasteiger partial charge is 0.336 e. The summed E-state index contributed by atoms with van der Waals surface area (Å²) >= 11 is 3.47. The van der Waals surface area contributed by atoms with Crippen molar-refractivity contribution in [1.29, 1.82) is 0 Å². The fraction of sp³-hybridized carbons (Fsp3) is 0.333.